The number of rotatable bonds is 6. The summed E-state index contributed by atoms with van der Waals surface area (Å²) in [5, 5.41) is 0. The predicted molar refractivity (Wildman–Crippen MR) is 109 cm³/mol. The van der Waals surface area contributed by atoms with Gasteiger partial charge in [0.25, 0.3) is 10.0 Å². The number of piperazine rings is 1. The van der Waals surface area contributed by atoms with Crippen LogP contribution >= 0.6 is 15.9 Å². The van der Waals surface area contributed by atoms with E-state index in [1.807, 2.05) is 0 Å². The van der Waals surface area contributed by atoms with Crippen molar-refractivity contribution in [1.82, 2.24) is 9.80 Å². The van der Waals surface area contributed by atoms with E-state index < -0.39 is 10.0 Å². The van der Waals surface area contributed by atoms with Crippen LogP contribution in [0, 0.1) is 0 Å². The van der Waals surface area contributed by atoms with Crippen molar-refractivity contribution >= 4 is 44.0 Å². The van der Waals surface area contributed by atoms with Crippen LogP contribution < -0.4 is 4.31 Å². The van der Waals surface area contributed by atoms with Gasteiger partial charge in [0.2, 0.25) is 12.3 Å². The summed E-state index contributed by atoms with van der Waals surface area (Å²) in [6, 6.07) is 14.9. The average molecular weight is 466 g/mol. The maximum Gasteiger partial charge on any atom is 0.264 e. The fraction of sp³-hybridized carbons (Fsp3) is 0.263. The molecule has 0 spiro atoms. The molecular weight excluding hydrogens is 446 g/mol. The summed E-state index contributed by atoms with van der Waals surface area (Å²) >= 11 is 3.36. The Bertz CT molecular complexity index is 945. The molecule has 0 bridgehead atoms. The number of sulfonamides is 1. The van der Waals surface area contributed by atoms with E-state index in [9.17, 15) is 18.0 Å². The molecule has 1 fully saturated rings. The second kappa shape index (κ2) is 8.74. The van der Waals surface area contributed by atoms with Crippen LogP contribution in [-0.2, 0) is 19.6 Å². The van der Waals surface area contributed by atoms with Gasteiger partial charge in [-0.2, -0.15) is 0 Å². The lowest BCUT2D eigenvalue weighted by Crippen LogP contribution is -2.51. The van der Waals surface area contributed by atoms with Gasteiger partial charge in [0.15, 0.2) is 0 Å². The Morgan fingerprint density at radius 1 is 1.04 bits per heavy atom. The number of carbonyl (C=O) groups excluding carboxylic acids is 2. The number of amides is 2. The molecule has 1 heterocycles. The molecule has 148 valence electrons. The quantitative estimate of drug-likeness (QED) is 0.610. The Morgan fingerprint density at radius 2 is 1.71 bits per heavy atom. The molecule has 2 amide bonds. The van der Waals surface area contributed by atoms with Gasteiger partial charge in [-0.1, -0.05) is 40.2 Å². The fourth-order valence-corrected chi connectivity index (χ4v) is 4.78. The average Bonchev–Trinajstić information content (AvgIpc) is 2.72. The molecule has 0 unspecified atom stereocenters. The van der Waals surface area contributed by atoms with Crippen LogP contribution in [0.1, 0.15) is 0 Å². The van der Waals surface area contributed by atoms with Gasteiger partial charge in [-0.05, 0) is 30.3 Å². The molecular formula is C19H20BrN3O4S. The van der Waals surface area contributed by atoms with E-state index in [0.29, 0.717) is 36.3 Å². The highest BCUT2D eigenvalue weighted by Crippen LogP contribution is 2.26. The highest BCUT2D eigenvalue weighted by molar-refractivity contribution is 9.10. The van der Waals surface area contributed by atoms with Crippen molar-refractivity contribution in [1.29, 1.82) is 0 Å². The topological polar surface area (TPSA) is 78.0 Å². The van der Waals surface area contributed by atoms with Crippen LogP contribution in [0.15, 0.2) is 64.0 Å². The molecule has 1 saturated heterocycles. The molecule has 1 aliphatic rings. The second-order valence-electron chi connectivity index (χ2n) is 6.33. The molecule has 9 heteroatoms. The van der Waals surface area contributed by atoms with Crippen molar-refractivity contribution in [3.63, 3.8) is 0 Å². The number of anilines is 1. The molecule has 0 aromatic heterocycles. The molecule has 2 aromatic rings. The van der Waals surface area contributed by atoms with E-state index in [2.05, 4.69) is 15.9 Å². The van der Waals surface area contributed by atoms with Gasteiger partial charge in [-0.3, -0.25) is 13.9 Å². The molecule has 0 aliphatic carbocycles. The molecule has 0 N–H and O–H groups in total. The Morgan fingerprint density at radius 3 is 2.32 bits per heavy atom. The van der Waals surface area contributed by atoms with Crippen LogP contribution in [0.5, 0.6) is 0 Å². The van der Waals surface area contributed by atoms with Gasteiger partial charge in [0.1, 0.15) is 6.54 Å². The fourth-order valence-electron chi connectivity index (χ4n) is 2.97. The smallest absolute Gasteiger partial charge is 0.264 e. The third-order valence-electron chi connectivity index (χ3n) is 4.52. The molecule has 0 saturated carbocycles. The maximum absolute atomic E-state index is 13.2. The third-order valence-corrected chi connectivity index (χ3v) is 6.80. The second-order valence-corrected chi connectivity index (χ2v) is 9.10. The first kappa shape index (κ1) is 20.3. The molecule has 1 aliphatic heterocycles. The van der Waals surface area contributed by atoms with Gasteiger partial charge < -0.3 is 9.80 Å². The summed E-state index contributed by atoms with van der Waals surface area (Å²) in [6.45, 7) is 1.34. The number of benzene rings is 2. The minimum Gasteiger partial charge on any atom is -0.342 e. The lowest BCUT2D eigenvalue weighted by Gasteiger charge is -2.34. The molecule has 2 aromatic carbocycles. The van der Waals surface area contributed by atoms with E-state index in [0.717, 1.165) is 10.7 Å². The summed E-state index contributed by atoms with van der Waals surface area (Å²) in [4.78, 5) is 27.0. The minimum atomic E-state index is -3.92. The summed E-state index contributed by atoms with van der Waals surface area (Å²) < 4.78 is 28.3. The lowest BCUT2D eigenvalue weighted by molar-refractivity contribution is -0.133. The van der Waals surface area contributed by atoms with Crippen LogP contribution in [0.25, 0.3) is 0 Å². The highest BCUT2D eigenvalue weighted by Gasteiger charge is 2.30. The lowest BCUT2D eigenvalue weighted by atomic mass is 10.3. The van der Waals surface area contributed by atoms with Crippen molar-refractivity contribution in [2.45, 2.75) is 4.90 Å². The monoisotopic (exact) mass is 465 g/mol. The summed E-state index contributed by atoms with van der Waals surface area (Å²) in [5.41, 5.74) is 0.401. The van der Waals surface area contributed by atoms with Gasteiger partial charge in [-0.25, -0.2) is 8.42 Å². The molecule has 0 radical (unpaired) electrons. The first-order chi connectivity index (χ1) is 13.4. The van der Waals surface area contributed by atoms with Gasteiger partial charge >= 0.3 is 0 Å². The SMILES string of the molecule is O=CN1CCN(C(=O)CN(c2cccc(Br)c2)S(=O)(=O)c2ccccc2)CC1. The van der Waals surface area contributed by atoms with E-state index in [-0.39, 0.29) is 17.3 Å². The Kier molecular flexibility index (Phi) is 6.35. The zero-order valence-electron chi connectivity index (χ0n) is 15.1. The van der Waals surface area contributed by atoms with Crippen molar-refractivity contribution in [3.8, 4) is 0 Å². The maximum atomic E-state index is 13.2. The number of nitrogens with zero attached hydrogens (tertiary/aromatic N) is 3. The summed E-state index contributed by atoms with van der Waals surface area (Å²) in [7, 11) is -3.92. The molecule has 3 rings (SSSR count). The Hall–Kier alpha value is -2.39. The van der Waals surface area contributed by atoms with Gasteiger partial charge in [0, 0.05) is 30.7 Å². The number of hydrogen-bond acceptors (Lipinski definition) is 4. The molecule has 0 atom stereocenters. The Labute approximate surface area is 172 Å². The van der Waals surface area contributed by atoms with Crippen LogP contribution in [0.4, 0.5) is 5.69 Å². The van der Waals surface area contributed by atoms with Crippen molar-refractivity contribution in [2.75, 3.05) is 37.0 Å². The number of carbonyl (C=O) groups is 2. The van der Waals surface area contributed by atoms with Crippen LogP contribution in [0.2, 0.25) is 0 Å². The van der Waals surface area contributed by atoms with Gasteiger partial charge in [-0.15, -0.1) is 0 Å². The minimum absolute atomic E-state index is 0.119. The Balaban J connectivity index is 1.89. The van der Waals surface area contributed by atoms with Crippen LogP contribution in [-0.4, -0.2) is 63.3 Å². The first-order valence-electron chi connectivity index (χ1n) is 8.72. The van der Waals surface area contributed by atoms with E-state index in [4.69, 9.17) is 0 Å². The van der Waals surface area contributed by atoms with Gasteiger partial charge in [0.05, 0.1) is 10.6 Å². The van der Waals surface area contributed by atoms with Crippen LogP contribution in [0.3, 0.4) is 0 Å². The predicted octanol–water partition coefficient (Wildman–Crippen LogP) is 1.94. The number of halogens is 1. The number of hydrogen-bond donors (Lipinski definition) is 0. The standard InChI is InChI=1S/C19H20BrN3O4S/c20-16-5-4-6-17(13-16)23(28(26,27)18-7-2-1-3-8-18)14-19(25)22-11-9-21(15-24)10-12-22/h1-8,13,15H,9-12,14H2. The summed E-state index contributed by atoms with van der Waals surface area (Å²) in [5.74, 6) is -0.301. The third kappa shape index (κ3) is 4.53. The zero-order valence-corrected chi connectivity index (χ0v) is 17.5. The molecule has 28 heavy (non-hydrogen) atoms. The normalized spacial score (nSPS) is 14.6. The zero-order chi connectivity index (χ0) is 20.1. The van der Waals surface area contributed by atoms with Crippen molar-refractivity contribution in [2.24, 2.45) is 0 Å². The summed E-state index contributed by atoms with van der Waals surface area (Å²) in [6.07, 6.45) is 0.759. The molecule has 7 nitrogen and oxygen atoms in total. The van der Waals surface area contributed by atoms with E-state index in [1.165, 1.54) is 12.1 Å². The largest absolute Gasteiger partial charge is 0.342 e. The van der Waals surface area contributed by atoms with Crippen molar-refractivity contribution in [3.05, 3.63) is 59.1 Å². The van der Waals surface area contributed by atoms with E-state index in [1.54, 1.807) is 52.3 Å². The van der Waals surface area contributed by atoms with Crippen molar-refractivity contribution < 1.29 is 18.0 Å². The highest BCUT2D eigenvalue weighted by atomic mass is 79.9. The first-order valence-corrected chi connectivity index (χ1v) is 11.0. The van der Waals surface area contributed by atoms with E-state index >= 15 is 0 Å².